The smallest absolute Gasteiger partial charge is 0.340 e. The normalized spacial score (nSPS) is 9.82. The van der Waals surface area contributed by atoms with Crippen LogP contribution in [-0.4, -0.2) is 33.6 Å². The Kier molecular flexibility index (Phi) is 9.01. The highest BCUT2D eigenvalue weighted by Crippen LogP contribution is 2.25. The van der Waals surface area contributed by atoms with Gasteiger partial charge in [0.05, 0.1) is 52.4 Å². The molecule has 0 saturated heterocycles. The van der Waals surface area contributed by atoms with Gasteiger partial charge in [-0.05, 0) is 68.3 Å². The van der Waals surface area contributed by atoms with E-state index in [0.29, 0.717) is 40.2 Å². The van der Waals surface area contributed by atoms with Gasteiger partial charge < -0.3 is 9.84 Å². The summed E-state index contributed by atoms with van der Waals surface area (Å²) in [6.07, 6.45) is 3.15. The summed E-state index contributed by atoms with van der Waals surface area (Å²) in [5.74, 6) is -1.44. The first kappa shape index (κ1) is 27.3. The highest BCUT2D eigenvalue weighted by atomic mass is 16.5. The lowest BCUT2D eigenvalue weighted by molar-refractivity contribution is 0.0526. The zero-order chi connectivity index (χ0) is 27.7. The third kappa shape index (κ3) is 6.26. The van der Waals surface area contributed by atoms with Gasteiger partial charge in [0.15, 0.2) is 0 Å². The number of aromatic carboxylic acids is 1. The molecule has 4 aromatic rings. The van der Waals surface area contributed by atoms with E-state index in [-0.39, 0.29) is 5.56 Å². The van der Waals surface area contributed by atoms with Gasteiger partial charge in [0.25, 0.3) is 0 Å². The van der Waals surface area contributed by atoms with E-state index in [1.54, 1.807) is 55.6 Å². The van der Waals surface area contributed by atoms with Gasteiger partial charge >= 0.3 is 11.9 Å². The van der Waals surface area contributed by atoms with Crippen LogP contribution in [0.2, 0.25) is 0 Å². The van der Waals surface area contributed by atoms with Gasteiger partial charge in [-0.3, -0.25) is 9.97 Å². The number of ether oxygens (including phenoxy) is 1. The summed E-state index contributed by atoms with van der Waals surface area (Å²) in [5, 5.41) is 27.2. The first-order valence-corrected chi connectivity index (χ1v) is 11.6. The van der Waals surface area contributed by atoms with E-state index >= 15 is 0 Å². The number of nitrogens with zero attached hydrogens (tertiary/aromatic N) is 4. The van der Waals surface area contributed by atoms with Gasteiger partial charge in [0.1, 0.15) is 0 Å². The summed E-state index contributed by atoms with van der Waals surface area (Å²) in [5.41, 5.74) is 5.65. The Bertz CT molecular complexity index is 1580. The fourth-order valence-corrected chi connectivity index (χ4v) is 3.60. The summed E-state index contributed by atoms with van der Waals surface area (Å²) in [4.78, 5) is 31.4. The Hall–Kier alpha value is -5.34. The second kappa shape index (κ2) is 12.6. The standard InChI is InChI=1S/C16H14N2O2.C14H10N2O2/c1-3-20-16(19)14-5-4-8-18-15(14)12-7-6-11(2)13(9-12)10-17;1-9-4-5-10(7-11(9)8-15)13-12(14(17)18)3-2-6-16-13/h4-9H,3H2,1-2H3;2-7H,1H3,(H,17,18). The first-order chi connectivity index (χ1) is 18.3. The third-order valence-electron chi connectivity index (χ3n) is 5.60. The molecule has 0 aliphatic carbocycles. The van der Waals surface area contributed by atoms with Crippen molar-refractivity contribution in [3.05, 3.63) is 106 Å². The van der Waals surface area contributed by atoms with Crippen LogP contribution in [0.1, 0.15) is 49.9 Å². The van der Waals surface area contributed by atoms with Gasteiger partial charge in [-0.25, -0.2) is 9.59 Å². The lowest BCUT2D eigenvalue weighted by atomic mass is 10.0. The van der Waals surface area contributed by atoms with Crippen molar-refractivity contribution < 1.29 is 19.4 Å². The van der Waals surface area contributed by atoms with Crippen LogP contribution < -0.4 is 0 Å². The van der Waals surface area contributed by atoms with Gasteiger partial charge in [-0.1, -0.05) is 24.3 Å². The summed E-state index contributed by atoms with van der Waals surface area (Å²) in [7, 11) is 0. The number of esters is 1. The number of carboxylic acid groups (broad SMARTS) is 1. The molecule has 2 aromatic heterocycles. The van der Waals surface area contributed by atoms with E-state index in [2.05, 4.69) is 22.1 Å². The number of rotatable bonds is 5. The molecule has 0 spiro atoms. The molecule has 38 heavy (non-hydrogen) atoms. The molecular formula is C30H24N4O4. The van der Waals surface area contributed by atoms with E-state index in [4.69, 9.17) is 20.4 Å². The van der Waals surface area contributed by atoms with Crippen molar-refractivity contribution >= 4 is 11.9 Å². The first-order valence-electron chi connectivity index (χ1n) is 11.6. The van der Waals surface area contributed by atoms with Gasteiger partial charge in [-0.2, -0.15) is 10.5 Å². The van der Waals surface area contributed by atoms with Crippen molar-refractivity contribution in [3.8, 4) is 34.7 Å². The van der Waals surface area contributed by atoms with Crippen molar-refractivity contribution in [2.24, 2.45) is 0 Å². The van der Waals surface area contributed by atoms with Crippen LogP contribution in [0.3, 0.4) is 0 Å². The van der Waals surface area contributed by atoms with E-state index in [1.165, 1.54) is 12.3 Å². The van der Waals surface area contributed by atoms with Crippen LogP contribution in [-0.2, 0) is 4.74 Å². The van der Waals surface area contributed by atoms with Crippen LogP contribution in [0.5, 0.6) is 0 Å². The molecule has 0 aliphatic rings. The number of hydrogen-bond acceptors (Lipinski definition) is 7. The van der Waals surface area contributed by atoms with Crippen LogP contribution in [0.25, 0.3) is 22.5 Å². The molecule has 0 fully saturated rings. The summed E-state index contributed by atoms with van der Waals surface area (Å²) >= 11 is 0. The number of carbonyl (C=O) groups excluding carboxylic acids is 1. The highest BCUT2D eigenvalue weighted by Gasteiger charge is 2.16. The molecule has 188 valence electrons. The molecule has 2 heterocycles. The highest BCUT2D eigenvalue weighted by molar-refractivity contribution is 5.96. The maximum Gasteiger partial charge on any atom is 0.340 e. The lowest BCUT2D eigenvalue weighted by Crippen LogP contribution is -2.07. The molecule has 0 saturated carbocycles. The number of benzene rings is 2. The monoisotopic (exact) mass is 504 g/mol. The number of carboxylic acids is 1. The maximum absolute atomic E-state index is 11.9. The van der Waals surface area contributed by atoms with Crippen molar-refractivity contribution in [2.45, 2.75) is 20.8 Å². The van der Waals surface area contributed by atoms with Crippen molar-refractivity contribution in [1.82, 2.24) is 9.97 Å². The molecule has 8 nitrogen and oxygen atoms in total. The molecule has 0 amide bonds. The largest absolute Gasteiger partial charge is 0.478 e. The Morgan fingerprint density at radius 1 is 0.816 bits per heavy atom. The number of aryl methyl sites for hydroxylation is 2. The molecule has 1 N–H and O–H groups in total. The molecule has 2 aromatic carbocycles. The molecule has 0 aliphatic heterocycles. The average molecular weight is 505 g/mol. The molecular weight excluding hydrogens is 480 g/mol. The number of nitriles is 2. The molecule has 4 rings (SSSR count). The second-order valence-corrected chi connectivity index (χ2v) is 8.11. The molecule has 0 atom stereocenters. The Morgan fingerprint density at radius 3 is 1.74 bits per heavy atom. The van der Waals surface area contributed by atoms with E-state index in [9.17, 15) is 9.59 Å². The quantitative estimate of drug-likeness (QED) is 0.340. The predicted octanol–water partition coefficient (Wildman–Crippen LogP) is 5.73. The zero-order valence-electron chi connectivity index (χ0n) is 21.1. The van der Waals surface area contributed by atoms with Crippen LogP contribution >= 0.6 is 0 Å². The fourth-order valence-electron chi connectivity index (χ4n) is 3.60. The number of pyridine rings is 2. The topological polar surface area (TPSA) is 137 Å². The predicted molar refractivity (Wildman–Crippen MR) is 141 cm³/mol. The van der Waals surface area contributed by atoms with Crippen molar-refractivity contribution in [2.75, 3.05) is 6.61 Å². The third-order valence-corrected chi connectivity index (χ3v) is 5.60. The van der Waals surface area contributed by atoms with Crippen LogP contribution in [0.15, 0.2) is 73.1 Å². The number of aromatic nitrogens is 2. The molecule has 0 radical (unpaired) electrons. The minimum absolute atomic E-state index is 0.130. The van der Waals surface area contributed by atoms with Gasteiger partial charge in [0, 0.05) is 23.5 Å². The van der Waals surface area contributed by atoms with Gasteiger partial charge in [0.2, 0.25) is 0 Å². The molecule has 0 unspecified atom stereocenters. The van der Waals surface area contributed by atoms with Crippen LogP contribution in [0.4, 0.5) is 0 Å². The second-order valence-electron chi connectivity index (χ2n) is 8.11. The summed E-state index contributed by atoms with van der Waals surface area (Å²) in [6.45, 7) is 5.77. The van der Waals surface area contributed by atoms with Crippen LogP contribution in [0, 0.1) is 36.5 Å². The van der Waals surface area contributed by atoms with E-state index in [0.717, 1.165) is 16.7 Å². The van der Waals surface area contributed by atoms with Crippen molar-refractivity contribution in [1.29, 1.82) is 10.5 Å². The zero-order valence-corrected chi connectivity index (χ0v) is 21.1. The average Bonchev–Trinajstić information content (AvgIpc) is 2.94. The summed E-state index contributed by atoms with van der Waals surface area (Å²) < 4.78 is 5.03. The van der Waals surface area contributed by atoms with E-state index in [1.807, 2.05) is 26.0 Å². The fraction of sp³-hybridized carbons (Fsp3) is 0.133. The SMILES string of the molecule is CCOC(=O)c1cccnc1-c1ccc(C)c(C#N)c1.Cc1ccc(-c2ncccc2C(=O)O)cc1C#N. The Balaban J connectivity index is 0.000000212. The van der Waals surface area contributed by atoms with E-state index < -0.39 is 11.9 Å². The van der Waals surface area contributed by atoms with Crippen molar-refractivity contribution in [3.63, 3.8) is 0 Å². The molecule has 0 bridgehead atoms. The minimum Gasteiger partial charge on any atom is -0.478 e. The Labute approximate surface area is 220 Å². The lowest BCUT2D eigenvalue weighted by Gasteiger charge is -2.08. The van der Waals surface area contributed by atoms with Gasteiger partial charge in [-0.15, -0.1) is 0 Å². The number of hydrogen-bond donors (Lipinski definition) is 1. The minimum atomic E-state index is -1.03. The molecule has 8 heteroatoms. The summed E-state index contributed by atoms with van der Waals surface area (Å²) in [6, 6.07) is 21.3. The maximum atomic E-state index is 11.9. The number of carbonyl (C=O) groups is 2. The Morgan fingerprint density at radius 2 is 1.29 bits per heavy atom.